The van der Waals surface area contributed by atoms with Gasteiger partial charge in [0.25, 0.3) is 5.91 Å². The summed E-state index contributed by atoms with van der Waals surface area (Å²) in [6.07, 6.45) is 0. The fraction of sp³-hybridized carbons (Fsp3) is 0.462. The van der Waals surface area contributed by atoms with Gasteiger partial charge in [0.05, 0.1) is 26.2 Å². The van der Waals surface area contributed by atoms with Gasteiger partial charge in [-0.3, -0.25) is 4.79 Å². The molecule has 1 aromatic rings. The summed E-state index contributed by atoms with van der Waals surface area (Å²) in [5, 5.41) is 2.44. The van der Waals surface area contributed by atoms with Gasteiger partial charge in [-0.1, -0.05) is 6.07 Å². The van der Waals surface area contributed by atoms with Gasteiger partial charge in [0, 0.05) is 13.7 Å². The molecular formula is C13H18ClNO4. The summed E-state index contributed by atoms with van der Waals surface area (Å²) in [5.74, 6) is 0.612. The fourth-order valence-electron chi connectivity index (χ4n) is 1.61. The van der Waals surface area contributed by atoms with Crippen LogP contribution in [0.1, 0.15) is 10.4 Å². The van der Waals surface area contributed by atoms with Crippen molar-refractivity contribution < 1.29 is 19.0 Å². The Kier molecular flexibility index (Phi) is 6.45. The van der Waals surface area contributed by atoms with Crippen LogP contribution in [-0.4, -0.2) is 45.8 Å². The normalized spacial score (nSPS) is 11.8. The van der Waals surface area contributed by atoms with E-state index in [9.17, 15) is 4.79 Å². The van der Waals surface area contributed by atoms with Crippen molar-refractivity contribution in [3.05, 3.63) is 23.8 Å². The molecule has 0 aliphatic carbocycles. The predicted octanol–water partition coefficient (Wildman–Crippen LogP) is 1.69. The highest BCUT2D eigenvalue weighted by atomic mass is 35.5. The second-order valence-electron chi connectivity index (χ2n) is 3.80. The molecule has 1 aromatic carbocycles. The number of nitrogens with one attached hydrogen (secondary N) is 1. The molecule has 0 aliphatic rings. The average Bonchev–Trinajstić information content (AvgIpc) is 2.44. The zero-order valence-corrected chi connectivity index (χ0v) is 12.0. The second-order valence-corrected chi connectivity index (χ2v) is 4.42. The molecule has 0 radical (unpaired) electrons. The van der Waals surface area contributed by atoms with Crippen LogP contribution in [0.3, 0.4) is 0 Å². The van der Waals surface area contributed by atoms with Crippen molar-refractivity contribution in [3.63, 3.8) is 0 Å². The lowest BCUT2D eigenvalue weighted by molar-refractivity contribution is 0.0943. The maximum atomic E-state index is 12.1. The molecule has 0 aliphatic heterocycles. The number of benzene rings is 1. The molecule has 1 unspecified atom stereocenters. The minimum atomic E-state index is -0.295. The van der Waals surface area contributed by atoms with Crippen LogP contribution in [0.4, 0.5) is 0 Å². The highest BCUT2D eigenvalue weighted by Gasteiger charge is 2.18. The summed E-state index contributed by atoms with van der Waals surface area (Å²) in [5.41, 5.74) is 0.355. The smallest absolute Gasteiger partial charge is 0.258 e. The minimum absolute atomic E-state index is 0.283. The van der Waals surface area contributed by atoms with Crippen molar-refractivity contribution in [2.24, 2.45) is 0 Å². The third-order valence-corrected chi connectivity index (χ3v) is 2.77. The van der Waals surface area contributed by atoms with Gasteiger partial charge >= 0.3 is 0 Å². The highest BCUT2D eigenvalue weighted by molar-refractivity contribution is 6.21. The number of carbonyl (C=O) groups excluding carboxylic acids is 1. The van der Waals surface area contributed by atoms with Gasteiger partial charge in [-0.15, -0.1) is 11.6 Å². The van der Waals surface area contributed by atoms with Crippen LogP contribution in [0.5, 0.6) is 11.5 Å². The Morgan fingerprint density at radius 3 is 2.32 bits per heavy atom. The number of methoxy groups -OCH3 is 3. The third-order valence-electron chi connectivity index (χ3n) is 2.49. The largest absolute Gasteiger partial charge is 0.496 e. The van der Waals surface area contributed by atoms with Crippen LogP contribution in [0.25, 0.3) is 0 Å². The number of hydrogen-bond acceptors (Lipinski definition) is 4. The van der Waals surface area contributed by atoms with Gasteiger partial charge in [0.1, 0.15) is 17.1 Å². The van der Waals surface area contributed by atoms with Gasteiger partial charge in [-0.05, 0) is 12.1 Å². The first-order valence-corrected chi connectivity index (χ1v) is 6.19. The lowest BCUT2D eigenvalue weighted by Gasteiger charge is -2.14. The summed E-state index contributed by atoms with van der Waals surface area (Å²) in [7, 11) is 4.56. The molecule has 0 saturated heterocycles. The average molecular weight is 288 g/mol. The summed E-state index contributed by atoms with van der Waals surface area (Å²) in [6.45, 7) is 0.667. The van der Waals surface area contributed by atoms with Crippen LogP contribution in [-0.2, 0) is 4.74 Å². The number of amides is 1. The molecule has 6 heteroatoms. The van der Waals surface area contributed by atoms with E-state index >= 15 is 0 Å². The van der Waals surface area contributed by atoms with Crippen LogP contribution in [0, 0.1) is 0 Å². The summed E-state index contributed by atoms with van der Waals surface area (Å²) >= 11 is 5.96. The molecule has 1 N–H and O–H groups in total. The minimum Gasteiger partial charge on any atom is -0.496 e. The van der Waals surface area contributed by atoms with Crippen LogP contribution in [0.2, 0.25) is 0 Å². The van der Waals surface area contributed by atoms with E-state index in [1.807, 2.05) is 0 Å². The van der Waals surface area contributed by atoms with Crippen molar-refractivity contribution in [1.82, 2.24) is 5.32 Å². The molecule has 1 amide bonds. The zero-order chi connectivity index (χ0) is 14.3. The summed E-state index contributed by atoms with van der Waals surface area (Å²) in [4.78, 5) is 12.1. The van der Waals surface area contributed by atoms with E-state index in [2.05, 4.69) is 5.32 Å². The third kappa shape index (κ3) is 4.29. The van der Waals surface area contributed by atoms with Crippen LogP contribution in [0.15, 0.2) is 18.2 Å². The molecule has 106 valence electrons. The maximum Gasteiger partial charge on any atom is 0.258 e. The molecule has 5 nitrogen and oxygen atoms in total. The maximum absolute atomic E-state index is 12.1. The Bertz CT molecular complexity index is 403. The van der Waals surface area contributed by atoms with Crippen molar-refractivity contribution in [1.29, 1.82) is 0 Å². The van der Waals surface area contributed by atoms with Gasteiger partial charge in [-0.2, -0.15) is 0 Å². The van der Waals surface area contributed by atoms with Gasteiger partial charge in [0.2, 0.25) is 0 Å². The van der Waals surface area contributed by atoms with E-state index in [-0.39, 0.29) is 11.3 Å². The van der Waals surface area contributed by atoms with E-state index in [4.69, 9.17) is 25.8 Å². The number of carbonyl (C=O) groups is 1. The predicted molar refractivity (Wildman–Crippen MR) is 73.4 cm³/mol. The van der Waals surface area contributed by atoms with Crippen molar-refractivity contribution >= 4 is 17.5 Å². The molecule has 1 atom stereocenters. The van der Waals surface area contributed by atoms with Crippen molar-refractivity contribution in [2.45, 2.75) is 5.38 Å². The lowest BCUT2D eigenvalue weighted by Crippen LogP contribution is -2.32. The number of alkyl halides is 1. The van der Waals surface area contributed by atoms with E-state index in [0.29, 0.717) is 30.2 Å². The van der Waals surface area contributed by atoms with Crippen LogP contribution >= 0.6 is 11.6 Å². The Labute approximate surface area is 117 Å². The monoisotopic (exact) mass is 287 g/mol. The molecule has 19 heavy (non-hydrogen) atoms. The van der Waals surface area contributed by atoms with E-state index in [0.717, 1.165) is 0 Å². The molecule has 0 bridgehead atoms. The number of halogens is 1. The molecule has 0 heterocycles. The van der Waals surface area contributed by atoms with Crippen molar-refractivity contribution in [2.75, 3.05) is 34.5 Å². The number of hydrogen-bond donors (Lipinski definition) is 1. The first-order chi connectivity index (χ1) is 9.13. The summed E-state index contributed by atoms with van der Waals surface area (Å²) < 4.78 is 15.2. The SMILES string of the molecule is COCC(Cl)CNC(=O)c1c(OC)cccc1OC. The van der Waals surface area contributed by atoms with Crippen molar-refractivity contribution in [3.8, 4) is 11.5 Å². The standard InChI is InChI=1S/C13H18ClNO4/c1-17-8-9(14)7-15-13(16)12-10(18-2)5-4-6-11(12)19-3/h4-6,9H,7-8H2,1-3H3,(H,15,16). The second kappa shape index (κ2) is 7.86. The van der Waals surface area contributed by atoms with Gasteiger partial charge < -0.3 is 19.5 Å². The molecule has 0 spiro atoms. The number of rotatable bonds is 7. The zero-order valence-electron chi connectivity index (χ0n) is 11.2. The van der Waals surface area contributed by atoms with Gasteiger partial charge in [0.15, 0.2) is 0 Å². The van der Waals surface area contributed by atoms with E-state index < -0.39 is 0 Å². The fourth-order valence-corrected chi connectivity index (χ4v) is 1.81. The first-order valence-electron chi connectivity index (χ1n) is 5.76. The molecule has 0 saturated carbocycles. The first kappa shape index (κ1) is 15.6. The lowest BCUT2D eigenvalue weighted by atomic mass is 10.1. The molecule has 0 fully saturated rings. The number of ether oxygens (including phenoxy) is 3. The summed E-state index contributed by atoms with van der Waals surface area (Å²) in [6, 6.07) is 5.15. The Hall–Kier alpha value is -1.46. The Morgan fingerprint density at radius 1 is 1.26 bits per heavy atom. The molecule has 1 rings (SSSR count). The van der Waals surface area contributed by atoms with E-state index in [1.54, 1.807) is 25.3 Å². The quantitative estimate of drug-likeness (QED) is 0.776. The topological polar surface area (TPSA) is 56.8 Å². The molecular weight excluding hydrogens is 270 g/mol. The van der Waals surface area contributed by atoms with E-state index in [1.165, 1.54) is 14.2 Å². The van der Waals surface area contributed by atoms with Crippen LogP contribution < -0.4 is 14.8 Å². The highest BCUT2D eigenvalue weighted by Crippen LogP contribution is 2.27. The van der Waals surface area contributed by atoms with Gasteiger partial charge in [-0.25, -0.2) is 0 Å². The molecule has 0 aromatic heterocycles. The Morgan fingerprint density at radius 2 is 1.84 bits per heavy atom. The Balaban J connectivity index is 2.81.